The summed E-state index contributed by atoms with van der Waals surface area (Å²) in [6, 6.07) is 1.92. The maximum absolute atomic E-state index is 4.83. The number of furan rings is 1. The van der Waals surface area contributed by atoms with E-state index in [0.29, 0.717) is 0 Å². The summed E-state index contributed by atoms with van der Waals surface area (Å²) in [6.07, 6.45) is 3.37. The van der Waals surface area contributed by atoms with Gasteiger partial charge in [0.1, 0.15) is 6.26 Å². The van der Waals surface area contributed by atoms with Crippen molar-refractivity contribution < 1.29 is 4.42 Å². The van der Waals surface area contributed by atoms with Gasteiger partial charge in [-0.25, -0.2) is 0 Å². The first-order valence-electron chi connectivity index (χ1n) is 2.50. The Morgan fingerprint density at radius 3 is 2.50 bits per heavy atom. The molecule has 0 atom stereocenters. The highest BCUT2D eigenvalue weighted by molar-refractivity contribution is 5.40. The predicted octanol–water partition coefficient (Wildman–Crippen LogP) is 1.35. The second-order valence-corrected chi connectivity index (χ2v) is 1.88. The van der Waals surface area contributed by atoms with Crippen molar-refractivity contribution in [1.82, 2.24) is 0 Å². The summed E-state index contributed by atoms with van der Waals surface area (Å²) in [7, 11) is 3.95. The molecule has 0 amide bonds. The van der Waals surface area contributed by atoms with Crippen LogP contribution in [0.5, 0.6) is 0 Å². The molecule has 1 aromatic rings. The molecule has 0 aliphatic rings. The predicted molar refractivity (Wildman–Crippen MR) is 33.0 cm³/mol. The first kappa shape index (κ1) is 5.22. The molecule has 0 aliphatic heterocycles. The molecule has 0 radical (unpaired) electrons. The van der Waals surface area contributed by atoms with Crippen LogP contribution in [0.1, 0.15) is 0 Å². The summed E-state index contributed by atoms with van der Waals surface area (Å²) >= 11 is 0. The van der Waals surface area contributed by atoms with Crippen LogP contribution in [0.2, 0.25) is 0 Å². The lowest BCUT2D eigenvalue weighted by atomic mass is 10.5. The van der Waals surface area contributed by atoms with E-state index in [1.54, 1.807) is 12.5 Å². The minimum absolute atomic E-state index is 1.10. The molecule has 0 bridgehead atoms. The summed E-state index contributed by atoms with van der Waals surface area (Å²) < 4.78 is 4.83. The van der Waals surface area contributed by atoms with Crippen molar-refractivity contribution >= 4 is 5.69 Å². The zero-order valence-electron chi connectivity index (χ0n) is 5.09. The van der Waals surface area contributed by atoms with Crippen LogP contribution in [-0.4, -0.2) is 14.1 Å². The Hall–Kier alpha value is -0.920. The van der Waals surface area contributed by atoms with Gasteiger partial charge in [0.25, 0.3) is 0 Å². The fourth-order valence-electron chi connectivity index (χ4n) is 0.512. The Balaban J connectivity index is 2.77. The Bertz CT molecular complexity index is 144. The Morgan fingerprint density at radius 2 is 2.25 bits per heavy atom. The van der Waals surface area contributed by atoms with Crippen molar-refractivity contribution in [3.05, 3.63) is 18.6 Å². The van der Waals surface area contributed by atoms with Crippen molar-refractivity contribution in [2.45, 2.75) is 0 Å². The second-order valence-electron chi connectivity index (χ2n) is 1.88. The highest BCUT2D eigenvalue weighted by Gasteiger charge is 1.91. The van der Waals surface area contributed by atoms with E-state index >= 15 is 0 Å². The van der Waals surface area contributed by atoms with Gasteiger partial charge >= 0.3 is 0 Å². The second kappa shape index (κ2) is 1.90. The van der Waals surface area contributed by atoms with Crippen molar-refractivity contribution in [1.29, 1.82) is 0 Å². The topological polar surface area (TPSA) is 16.4 Å². The van der Waals surface area contributed by atoms with E-state index in [9.17, 15) is 0 Å². The van der Waals surface area contributed by atoms with Crippen LogP contribution < -0.4 is 4.90 Å². The van der Waals surface area contributed by atoms with Crippen LogP contribution in [0.3, 0.4) is 0 Å². The van der Waals surface area contributed by atoms with Crippen molar-refractivity contribution in [3.63, 3.8) is 0 Å². The average Bonchev–Trinajstić information content (AvgIpc) is 2.12. The van der Waals surface area contributed by atoms with Gasteiger partial charge in [-0.05, 0) is 6.07 Å². The molecule has 1 rings (SSSR count). The lowest BCUT2D eigenvalue weighted by molar-refractivity contribution is 0.567. The number of rotatable bonds is 1. The zero-order chi connectivity index (χ0) is 5.98. The molecule has 0 saturated carbocycles. The van der Waals surface area contributed by atoms with Gasteiger partial charge < -0.3 is 9.32 Å². The monoisotopic (exact) mass is 111 g/mol. The smallest absolute Gasteiger partial charge is 0.114 e. The minimum Gasteiger partial charge on any atom is -0.470 e. The summed E-state index contributed by atoms with van der Waals surface area (Å²) in [5, 5.41) is 0. The zero-order valence-corrected chi connectivity index (χ0v) is 5.09. The maximum atomic E-state index is 4.83. The molecule has 0 aromatic carbocycles. The van der Waals surface area contributed by atoms with Gasteiger partial charge in [0.05, 0.1) is 12.0 Å². The van der Waals surface area contributed by atoms with Gasteiger partial charge in [-0.2, -0.15) is 0 Å². The quantitative estimate of drug-likeness (QED) is 0.543. The van der Waals surface area contributed by atoms with Crippen LogP contribution in [0, 0.1) is 0 Å². The van der Waals surface area contributed by atoms with Gasteiger partial charge in [0, 0.05) is 14.1 Å². The first-order chi connectivity index (χ1) is 3.80. The van der Waals surface area contributed by atoms with Crippen LogP contribution in [-0.2, 0) is 0 Å². The van der Waals surface area contributed by atoms with Gasteiger partial charge in [0.2, 0.25) is 0 Å². The molecule has 0 saturated heterocycles. The van der Waals surface area contributed by atoms with Crippen LogP contribution in [0.15, 0.2) is 23.0 Å². The van der Waals surface area contributed by atoms with E-state index < -0.39 is 0 Å². The van der Waals surface area contributed by atoms with Gasteiger partial charge in [0.15, 0.2) is 0 Å². The fraction of sp³-hybridized carbons (Fsp3) is 0.333. The van der Waals surface area contributed by atoms with E-state index in [1.165, 1.54) is 0 Å². The largest absolute Gasteiger partial charge is 0.470 e. The third kappa shape index (κ3) is 0.832. The number of anilines is 1. The van der Waals surface area contributed by atoms with Gasteiger partial charge in [-0.15, -0.1) is 0 Å². The van der Waals surface area contributed by atoms with Gasteiger partial charge in [-0.3, -0.25) is 0 Å². The molecule has 2 heteroatoms. The van der Waals surface area contributed by atoms with Crippen LogP contribution in [0.4, 0.5) is 5.69 Å². The normalized spacial score (nSPS) is 9.25. The van der Waals surface area contributed by atoms with Crippen molar-refractivity contribution in [3.8, 4) is 0 Å². The van der Waals surface area contributed by atoms with Crippen LogP contribution >= 0.6 is 0 Å². The van der Waals surface area contributed by atoms with Gasteiger partial charge in [-0.1, -0.05) is 0 Å². The standard InChI is InChI=1S/C6H9NO/c1-7(2)6-3-4-8-5-6/h3-5H,1-2H3. The number of hydrogen-bond donors (Lipinski definition) is 0. The SMILES string of the molecule is CN(C)c1ccoc1. The van der Waals surface area contributed by atoms with Crippen LogP contribution in [0.25, 0.3) is 0 Å². The summed E-state index contributed by atoms with van der Waals surface area (Å²) in [5.74, 6) is 0. The number of nitrogens with zero attached hydrogens (tertiary/aromatic N) is 1. The lowest BCUT2D eigenvalue weighted by Crippen LogP contribution is -2.06. The molecular weight excluding hydrogens is 102 g/mol. The van der Waals surface area contributed by atoms with E-state index in [1.807, 2.05) is 25.1 Å². The fourth-order valence-corrected chi connectivity index (χ4v) is 0.512. The Labute approximate surface area is 48.7 Å². The van der Waals surface area contributed by atoms with E-state index in [0.717, 1.165) is 5.69 Å². The molecule has 1 heterocycles. The lowest BCUT2D eigenvalue weighted by Gasteiger charge is -2.05. The van der Waals surface area contributed by atoms with E-state index in [4.69, 9.17) is 4.42 Å². The summed E-state index contributed by atoms with van der Waals surface area (Å²) in [4.78, 5) is 1.99. The summed E-state index contributed by atoms with van der Waals surface area (Å²) in [5.41, 5.74) is 1.10. The molecule has 0 unspecified atom stereocenters. The molecule has 0 aliphatic carbocycles. The molecule has 8 heavy (non-hydrogen) atoms. The molecule has 0 spiro atoms. The van der Waals surface area contributed by atoms with Crippen molar-refractivity contribution in [2.75, 3.05) is 19.0 Å². The highest BCUT2D eigenvalue weighted by atomic mass is 16.3. The molecule has 2 nitrogen and oxygen atoms in total. The van der Waals surface area contributed by atoms with E-state index in [2.05, 4.69) is 0 Å². The highest BCUT2D eigenvalue weighted by Crippen LogP contribution is 2.08. The molecule has 0 N–H and O–H groups in total. The molecular formula is C6H9NO. The molecule has 0 fully saturated rings. The molecule has 44 valence electrons. The minimum atomic E-state index is 1.10. The Kier molecular flexibility index (Phi) is 1.24. The van der Waals surface area contributed by atoms with Crippen molar-refractivity contribution in [2.24, 2.45) is 0 Å². The molecule has 1 aromatic heterocycles. The Morgan fingerprint density at radius 1 is 1.50 bits per heavy atom. The summed E-state index contributed by atoms with van der Waals surface area (Å²) in [6.45, 7) is 0. The third-order valence-corrected chi connectivity index (χ3v) is 1.02. The third-order valence-electron chi connectivity index (χ3n) is 1.02. The first-order valence-corrected chi connectivity index (χ1v) is 2.50. The number of hydrogen-bond acceptors (Lipinski definition) is 2. The average molecular weight is 111 g/mol. The maximum Gasteiger partial charge on any atom is 0.114 e. The van der Waals surface area contributed by atoms with E-state index in [-0.39, 0.29) is 0 Å².